The maximum absolute atomic E-state index is 5.11. The van der Waals surface area contributed by atoms with Gasteiger partial charge >= 0.3 is 0 Å². The third kappa shape index (κ3) is 1.51. The van der Waals surface area contributed by atoms with Crippen LogP contribution in [-0.4, -0.2) is 9.55 Å². The molecule has 0 atom stereocenters. The van der Waals surface area contributed by atoms with Crippen LogP contribution in [0.2, 0.25) is 0 Å². The molecule has 0 saturated carbocycles. The van der Waals surface area contributed by atoms with Crippen molar-refractivity contribution >= 4 is 12.2 Å². The molecule has 0 unspecified atom stereocenters. The molecule has 1 aromatic heterocycles. The highest BCUT2D eigenvalue weighted by atomic mass is 32.1. The molecule has 0 aliphatic rings. The van der Waals surface area contributed by atoms with Crippen molar-refractivity contribution in [1.82, 2.24) is 9.55 Å². The van der Waals surface area contributed by atoms with Crippen molar-refractivity contribution in [2.75, 3.05) is 0 Å². The summed E-state index contributed by atoms with van der Waals surface area (Å²) in [6, 6.07) is 8.38. The molecule has 14 heavy (non-hydrogen) atoms. The monoisotopic (exact) mass is 204 g/mol. The number of nitrogens with zero attached hydrogens (tertiary/aromatic N) is 1. The largest absolute Gasteiger partial charge is 0.337 e. The van der Waals surface area contributed by atoms with E-state index in [4.69, 9.17) is 12.2 Å². The fourth-order valence-electron chi connectivity index (χ4n) is 1.51. The van der Waals surface area contributed by atoms with E-state index in [-0.39, 0.29) is 0 Å². The summed E-state index contributed by atoms with van der Waals surface area (Å²) in [5.74, 6) is 0. The number of imidazole rings is 1. The van der Waals surface area contributed by atoms with Crippen LogP contribution in [0, 0.1) is 11.7 Å². The molecule has 0 aliphatic carbocycles. The molecule has 0 spiro atoms. The van der Waals surface area contributed by atoms with Gasteiger partial charge in [0.15, 0.2) is 4.77 Å². The van der Waals surface area contributed by atoms with Crippen LogP contribution in [0.15, 0.2) is 30.5 Å². The van der Waals surface area contributed by atoms with Gasteiger partial charge in [-0.2, -0.15) is 0 Å². The lowest BCUT2D eigenvalue weighted by molar-refractivity contribution is 0.902. The smallest absolute Gasteiger partial charge is 0.177 e. The van der Waals surface area contributed by atoms with E-state index in [0.717, 1.165) is 10.5 Å². The summed E-state index contributed by atoms with van der Waals surface area (Å²) in [5, 5.41) is 0. The SMILES string of the molecule is Cc1cccc(-c2c[nH]c(=S)n2C)c1. The van der Waals surface area contributed by atoms with Gasteiger partial charge in [-0.3, -0.25) is 0 Å². The maximum atomic E-state index is 5.11. The molecular weight excluding hydrogens is 192 g/mol. The topological polar surface area (TPSA) is 20.7 Å². The van der Waals surface area contributed by atoms with Crippen molar-refractivity contribution in [3.63, 3.8) is 0 Å². The molecule has 0 amide bonds. The molecule has 0 radical (unpaired) electrons. The van der Waals surface area contributed by atoms with Gasteiger partial charge in [0, 0.05) is 13.2 Å². The molecular formula is C11H12N2S. The lowest BCUT2D eigenvalue weighted by atomic mass is 10.1. The number of hydrogen-bond acceptors (Lipinski definition) is 1. The summed E-state index contributed by atoms with van der Waals surface area (Å²) < 4.78 is 2.73. The summed E-state index contributed by atoms with van der Waals surface area (Å²) in [4.78, 5) is 3.03. The van der Waals surface area contributed by atoms with E-state index in [1.807, 2.05) is 17.8 Å². The highest BCUT2D eigenvalue weighted by molar-refractivity contribution is 7.71. The van der Waals surface area contributed by atoms with Gasteiger partial charge in [-0.25, -0.2) is 0 Å². The number of nitrogens with one attached hydrogen (secondary N) is 1. The number of aryl methyl sites for hydroxylation is 1. The summed E-state index contributed by atoms with van der Waals surface area (Å²) in [6.07, 6.45) is 1.94. The number of aromatic nitrogens is 2. The van der Waals surface area contributed by atoms with Gasteiger partial charge in [-0.05, 0) is 30.8 Å². The Kier molecular flexibility index (Phi) is 2.25. The Hall–Kier alpha value is -1.35. The van der Waals surface area contributed by atoms with Gasteiger partial charge in [0.25, 0.3) is 0 Å². The van der Waals surface area contributed by atoms with Gasteiger partial charge in [-0.15, -0.1) is 0 Å². The fourth-order valence-corrected chi connectivity index (χ4v) is 1.67. The van der Waals surface area contributed by atoms with Crippen molar-refractivity contribution < 1.29 is 0 Å². The van der Waals surface area contributed by atoms with E-state index in [2.05, 4.69) is 36.2 Å². The lowest BCUT2D eigenvalue weighted by Crippen LogP contribution is -1.91. The molecule has 1 heterocycles. The Bertz CT molecular complexity index is 508. The van der Waals surface area contributed by atoms with E-state index in [1.54, 1.807) is 0 Å². The molecule has 2 aromatic rings. The molecule has 0 saturated heterocycles. The predicted molar refractivity (Wildman–Crippen MR) is 60.8 cm³/mol. The molecule has 2 nitrogen and oxygen atoms in total. The molecule has 72 valence electrons. The van der Waals surface area contributed by atoms with E-state index in [0.29, 0.717) is 0 Å². The number of H-pyrrole nitrogens is 1. The predicted octanol–water partition coefficient (Wildman–Crippen LogP) is 3.06. The van der Waals surface area contributed by atoms with Gasteiger partial charge in [0.05, 0.1) is 5.69 Å². The quantitative estimate of drug-likeness (QED) is 0.708. The minimum absolute atomic E-state index is 0.751. The molecule has 0 fully saturated rings. The van der Waals surface area contributed by atoms with E-state index in [1.165, 1.54) is 11.1 Å². The standard InChI is InChI=1S/C11H12N2S/c1-8-4-3-5-9(6-8)10-7-12-11(14)13(10)2/h3-7H,1-2H3,(H,12,14). The second-order valence-electron chi connectivity index (χ2n) is 3.41. The second-order valence-corrected chi connectivity index (χ2v) is 3.79. The normalized spacial score (nSPS) is 10.4. The van der Waals surface area contributed by atoms with E-state index in [9.17, 15) is 0 Å². The van der Waals surface area contributed by atoms with Crippen molar-refractivity contribution in [3.8, 4) is 11.3 Å². The highest BCUT2D eigenvalue weighted by Crippen LogP contribution is 2.19. The number of rotatable bonds is 1. The molecule has 0 bridgehead atoms. The molecule has 1 N–H and O–H groups in total. The minimum Gasteiger partial charge on any atom is -0.337 e. The first-order valence-corrected chi connectivity index (χ1v) is 4.91. The lowest BCUT2D eigenvalue weighted by Gasteiger charge is -2.02. The van der Waals surface area contributed by atoms with Gasteiger partial charge < -0.3 is 9.55 Å². The van der Waals surface area contributed by atoms with Crippen LogP contribution in [0.3, 0.4) is 0 Å². The first kappa shape index (κ1) is 9.21. The van der Waals surface area contributed by atoms with Crippen LogP contribution in [0.5, 0.6) is 0 Å². The van der Waals surface area contributed by atoms with Crippen molar-refractivity contribution in [3.05, 3.63) is 40.8 Å². The summed E-state index contributed by atoms with van der Waals surface area (Å²) in [5.41, 5.74) is 3.58. The first-order chi connectivity index (χ1) is 6.68. The van der Waals surface area contributed by atoms with E-state index >= 15 is 0 Å². The number of benzene rings is 1. The number of hydrogen-bond donors (Lipinski definition) is 1. The summed E-state index contributed by atoms with van der Waals surface area (Å²) in [7, 11) is 1.97. The van der Waals surface area contributed by atoms with Crippen LogP contribution in [0.4, 0.5) is 0 Å². The first-order valence-electron chi connectivity index (χ1n) is 4.50. The third-order valence-corrected chi connectivity index (χ3v) is 2.70. The summed E-state index contributed by atoms with van der Waals surface area (Å²) >= 11 is 5.11. The van der Waals surface area contributed by atoms with Crippen molar-refractivity contribution in [2.24, 2.45) is 7.05 Å². The average Bonchev–Trinajstić information content (AvgIpc) is 2.48. The van der Waals surface area contributed by atoms with Gasteiger partial charge in [0.1, 0.15) is 0 Å². The average molecular weight is 204 g/mol. The Labute approximate surface area is 88.2 Å². The number of aromatic amines is 1. The Balaban J connectivity index is 2.60. The zero-order valence-electron chi connectivity index (χ0n) is 8.24. The molecule has 2 rings (SSSR count). The zero-order chi connectivity index (χ0) is 10.1. The summed E-state index contributed by atoms with van der Waals surface area (Å²) in [6.45, 7) is 2.09. The fraction of sp³-hybridized carbons (Fsp3) is 0.182. The third-order valence-electron chi connectivity index (χ3n) is 2.31. The van der Waals surface area contributed by atoms with E-state index < -0.39 is 0 Å². The van der Waals surface area contributed by atoms with Gasteiger partial charge in [-0.1, -0.05) is 23.8 Å². The van der Waals surface area contributed by atoms with Crippen LogP contribution < -0.4 is 0 Å². The molecule has 0 aliphatic heterocycles. The van der Waals surface area contributed by atoms with Gasteiger partial charge in [0.2, 0.25) is 0 Å². The second kappa shape index (κ2) is 3.42. The highest BCUT2D eigenvalue weighted by Gasteiger charge is 2.02. The van der Waals surface area contributed by atoms with Crippen molar-refractivity contribution in [1.29, 1.82) is 0 Å². The minimum atomic E-state index is 0.751. The molecule has 1 aromatic carbocycles. The van der Waals surface area contributed by atoms with Crippen LogP contribution in [0.1, 0.15) is 5.56 Å². The Morgan fingerprint density at radius 1 is 1.36 bits per heavy atom. The zero-order valence-corrected chi connectivity index (χ0v) is 9.06. The Morgan fingerprint density at radius 3 is 2.71 bits per heavy atom. The van der Waals surface area contributed by atoms with Crippen molar-refractivity contribution in [2.45, 2.75) is 6.92 Å². The molecule has 3 heteroatoms. The van der Waals surface area contributed by atoms with Crippen LogP contribution >= 0.6 is 12.2 Å². The van der Waals surface area contributed by atoms with Crippen LogP contribution in [0.25, 0.3) is 11.3 Å². The Morgan fingerprint density at radius 2 is 2.14 bits per heavy atom. The maximum Gasteiger partial charge on any atom is 0.177 e. The van der Waals surface area contributed by atoms with Crippen LogP contribution in [-0.2, 0) is 7.05 Å².